The van der Waals surface area contributed by atoms with Crippen LogP contribution in [0.25, 0.3) is 0 Å². The summed E-state index contributed by atoms with van der Waals surface area (Å²) in [5.74, 6) is 0.773. The van der Waals surface area contributed by atoms with E-state index in [4.69, 9.17) is 0 Å². The predicted molar refractivity (Wildman–Crippen MR) is 129 cm³/mol. The number of hydrogen-bond donors (Lipinski definition) is 1. The lowest BCUT2D eigenvalue weighted by molar-refractivity contribution is -0.251. The zero-order valence-corrected chi connectivity index (χ0v) is 20.9. The van der Waals surface area contributed by atoms with Gasteiger partial charge in [0, 0.05) is 11.1 Å². The van der Waals surface area contributed by atoms with Crippen LogP contribution < -0.4 is 0 Å². The normalized spacial score (nSPS) is 19.7. The molecule has 1 fully saturated rings. The minimum atomic E-state index is -0.0819. The molecule has 1 saturated heterocycles. The topological polar surface area (TPSA) is 23.5 Å². The summed E-state index contributed by atoms with van der Waals surface area (Å²) < 4.78 is 0. The number of hydroxylamine groups is 2. The molecule has 0 aromatic carbocycles. The predicted octanol–water partition coefficient (Wildman–Crippen LogP) is 9.30. The second-order valence-corrected chi connectivity index (χ2v) is 11.3. The lowest BCUT2D eigenvalue weighted by Gasteiger charge is -2.51. The van der Waals surface area contributed by atoms with Gasteiger partial charge < -0.3 is 5.21 Å². The fraction of sp³-hybridized carbons (Fsp3) is 1.00. The van der Waals surface area contributed by atoms with Gasteiger partial charge in [-0.25, -0.2) is 0 Å². The van der Waals surface area contributed by atoms with Crippen LogP contribution in [0.1, 0.15) is 157 Å². The summed E-state index contributed by atoms with van der Waals surface area (Å²) in [6.45, 7) is 11.1. The third-order valence-corrected chi connectivity index (χ3v) is 7.19. The van der Waals surface area contributed by atoms with Gasteiger partial charge in [0.25, 0.3) is 0 Å². The first-order valence-corrected chi connectivity index (χ1v) is 13.3. The lowest BCUT2D eigenvalue weighted by Crippen LogP contribution is -2.58. The molecule has 1 N–H and O–H groups in total. The van der Waals surface area contributed by atoms with Gasteiger partial charge in [-0.3, -0.25) is 0 Å². The molecule has 0 spiro atoms. The molecular weight excluding hydrogens is 354 g/mol. The van der Waals surface area contributed by atoms with Crippen molar-refractivity contribution < 1.29 is 5.21 Å². The van der Waals surface area contributed by atoms with Gasteiger partial charge in [-0.15, -0.1) is 0 Å². The molecule has 0 aromatic heterocycles. The SMILES string of the molecule is CCCCCCCCCCCCCCCCCCC1CC(C)(C)N(O)C(C)(C)C1. The molecule has 0 amide bonds. The van der Waals surface area contributed by atoms with E-state index in [1.165, 1.54) is 109 Å². The quantitative estimate of drug-likeness (QED) is 0.242. The van der Waals surface area contributed by atoms with Crippen LogP contribution in [-0.2, 0) is 0 Å². The summed E-state index contributed by atoms with van der Waals surface area (Å²) in [5, 5.41) is 12.0. The molecule has 0 bridgehead atoms. The molecule has 0 saturated carbocycles. The van der Waals surface area contributed by atoms with Crippen molar-refractivity contribution in [3.63, 3.8) is 0 Å². The van der Waals surface area contributed by atoms with Crippen LogP contribution >= 0.6 is 0 Å². The molecule has 29 heavy (non-hydrogen) atoms. The Kier molecular flexibility index (Phi) is 13.8. The number of nitrogens with zero attached hydrogens (tertiary/aromatic N) is 1. The van der Waals surface area contributed by atoms with E-state index in [9.17, 15) is 5.21 Å². The zero-order valence-electron chi connectivity index (χ0n) is 20.9. The van der Waals surface area contributed by atoms with Crippen molar-refractivity contribution in [3.8, 4) is 0 Å². The molecule has 174 valence electrons. The van der Waals surface area contributed by atoms with Crippen molar-refractivity contribution in [2.45, 2.75) is 168 Å². The second kappa shape index (κ2) is 14.8. The largest absolute Gasteiger partial charge is 0.313 e. The highest BCUT2D eigenvalue weighted by atomic mass is 16.5. The Bertz CT molecular complexity index is 372. The number of rotatable bonds is 17. The average molecular weight is 410 g/mol. The maximum absolute atomic E-state index is 10.4. The van der Waals surface area contributed by atoms with Crippen LogP contribution in [0, 0.1) is 5.92 Å². The zero-order chi connectivity index (χ0) is 21.6. The van der Waals surface area contributed by atoms with Crippen LogP contribution in [-0.4, -0.2) is 21.3 Å². The maximum atomic E-state index is 10.4. The second-order valence-electron chi connectivity index (χ2n) is 11.3. The van der Waals surface area contributed by atoms with Crippen LogP contribution in [0.2, 0.25) is 0 Å². The van der Waals surface area contributed by atoms with E-state index in [-0.39, 0.29) is 11.1 Å². The molecular formula is C27H55NO. The van der Waals surface area contributed by atoms with Crippen molar-refractivity contribution in [2.24, 2.45) is 5.92 Å². The Morgan fingerprint density at radius 2 is 0.897 bits per heavy atom. The minimum absolute atomic E-state index is 0.0819. The van der Waals surface area contributed by atoms with Gasteiger partial charge in [0.2, 0.25) is 0 Å². The molecule has 0 atom stereocenters. The first-order valence-electron chi connectivity index (χ1n) is 13.3. The summed E-state index contributed by atoms with van der Waals surface area (Å²) >= 11 is 0. The van der Waals surface area contributed by atoms with Gasteiger partial charge in [-0.1, -0.05) is 116 Å². The van der Waals surface area contributed by atoms with E-state index < -0.39 is 0 Å². The summed E-state index contributed by atoms with van der Waals surface area (Å²) in [7, 11) is 0. The highest BCUT2D eigenvalue weighted by molar-refractivity contribution is 4.95. The maximum Gasteiger partial charge on any atom is 0.0413 e. The Labute approximate surface area is 184 Å². The van der Waals surface area contributed by atoms with E-state index >= 15 is 0 Å². The highest BCUT2D eigenvalue weighted by Crippen LogP contribution is 2.41. The molecule has 2 heteroatoms. The van der Waals surface area contributed by atoms with Gasteiger partial charge in [-0.2, -0.15) is 5.06 Å². The van der Waals surface area contributed by atoms with E-state index in [0.29, 0.717) is 0 Å². The summed E-state index contributed by atoms with van der Waals surface area (Å²) in [5.41, 5.74) is -0.164. The first kappa shape index (κ1) is 27.0. The van der Waals surface area contributed by atoms with Crippen molar-refractivity contribution in [3.05, 3.63) is 0 Å². The molecule has 1 heterocycles. The van der Waals surface area contributed by atoms with E-state index in [0.717, 1.165) is 18.8 Å². The van der Waals surface area contributed by atoms with Crippen LogP contribution in [0.5, 0.6) is 0 Å². The van der Waals surface area contributed by atoms with E-state index in [2.05, 4.69) is 34.6 Å². The molecule has 0 radical (unpaired) electrons. The molecule has 1 aliphatic heterocycles. The number of hydrogen-bond acceptors (Lipinski definition) is 2. The molecule has 0 aromatic rings. The number of unbranched alkanes of at least 4 members (excludes halogenated alkanes) is 15. The third-order valence-electron chi connectivity index (χ3n) is 7.19. The van der Waals surface area contributed by atoms with Gasteiger partial charge in [-0.05, 0) is 46.5 Å². The monoisotopic (exact) mass is 409 g/mol. The fourth-order valence-corrected chi connectivity index (χ4v) is 5.66. The van der Waals surface area contributed by atoms with Gasteiger partial charge in [0.05, 0.1) is 0 Å². The molecule has 2 nitrogen and oxygen atoms in total. The van der Waals surface area contributed by atoms with Crippen LogP contribution in [0.15, 0.2) is 0 Å². The molecule has 0 aliphatic carbocycles. The van der Waals surface area contributed by atoms with Gasteiger partial charge in [0.15, 0.2) is 0 Å². The van der Waals surface area contributed by atoms with Crippen molar-refractivity contribution >= 4 is 0 Å². The Morgan fingerprint density at radius 3 is 1.24 bits per heavy atom. The van der Waals surface area contributed by atoms with Gasteiger partial charge >= 0.3 is 0 Å². The fourth-order valence-electron chi connectivity index (χ4n) is 5.66. The minimum Gasteiger partial charge on any atom is -0.313 e. The summed E-state index contributed by atoms with van der Waals surface area (Å²) in [4.78, 5) is 0. The highest BCUT2D eigenvalue weighted by Gasteiger charge is 2.44. The summed E-state index contributed by atoms with van der Waals surface area (Å²) in [6.07, 6.45) is 26.6. The van der Waals surface area contributed by atoms with Crippen LogP contribution in [0.3, 0.4) is 0 Å². The first-order chi connectivity index (χ1) is 13.8. The Morgan fingerprint density at radius 1 is 0.586 bits per heavy atom. The van der Waals surface area contributed by atoms with E-state index in [1.807, 2.05) is 0 Å². The Hall–Kier alpha value is -0.0800. The smallest absolute Gasteiger partial charge is 0.0413 e. The average Bonchev–Trinajstić information content (AvgIpc) is 2.65. The number of piperidine rings is 1. The molecule has 1 rings (SSSR count). The van der Waals surface area contributed by atoms with Crippen molar-refractivity contribution in [1.29, 1.82) is 0 Å². The molecule has 0 unspecified atom stereocenters. The van der Waals surface area contributed by atoms with Crippen molar-refractivity contribution in [2.75, 3.05) is 0 Å². The van der Waals surface area contributed by atoms with Gasteiger partial charge in [0.1, 0.15) is 0 Å². The molecule has 1 aliphatic rings. The van der Waals surface area contributed by atoms with Crippen molar-refractivity contribution in [1.82, 2.24) is 5.06 Å². The van der Waals surface area contributed by atoms with E-state index in [1.54, 1.807) is 5.06 Å². The summed E-state index contributed by atoms with van der Waals surface area (Å²) in [6, 6.07) is 0. The third kappa shape index (κ3) is 11.8. The van der Waals surface area contributed by atoms with Crippen LogP contribution in [0.4, 0.5) is 0 Å². The lowest BCUT2D eigenvalue weighted by atomic mass is 9.73. The Balaban J connectivity index is 1.88. The standard InChI is InChI=1S/C27H55NO/c1-6-7-8-9-10-11-12-13-14-15-16-17-18-19-20-21-22-25-23-26(2,3)28(29)27(4,5)24-25/h25,29H,6-24H2,1-5H3.